The van der Waals surface area contributed by atoms with Crippen LogP contribution in [0.2, 0.25) is 0 Å². The maximum atomic E-state index is 11.3. The van der Waals surface area contributed by atoms with Crippen molar-refractivity contribution in [1.29, 1.82) is 0 Å². The second-order valence-corrected chi connectivity index (χ2v) is 4.31. The van der Waals surface area contributed by atoms with Crippen molar-refractivity contribution in [3.63, 3.8) is 0 Å². The fourth-order valence-corrected chi connectivity index (χ4v) is 1.55. The first-order valence-electron chi connectivity index (χ1n) is 3.93. The molecule has 13 heavy (non-hydrogen) atoms. The second kappa shape index (κ2) is 5.02. The van der Waals surface area contributed by atoms with Crippen molar-refractivity contribution in [3.05, 3.63) is 0 Å². The highest BCUT2D eigenvalue weighted by atomic mass is 31.2. The van der Waals surface area contributed by atoms with Gasteiger partial charge in [-0.1, -0.05) is 13.8 Å². The third-order valence-electron chi connectivity index (χ3n) is 1.11. The first-order chi connectivity index (χ1) is 5.91. The third-order valence-corrected chi connectivity index (χ3v) is 2.18. The van der Waals surface area contributed by atoms with Crippen LogP contribution in [0.1, 0.15) is 26.7 Å². The number of hydrogen-bond donors (Lipinski definition) is 0. The molecule has 6 heteroatoms. The maximum absolute atomic E-state index is 11.3. The van der Waals surface area contributed by atoms with Gasteiger partial charge in [-0.2, -0.15) is 0 Å². The topological polar surface area (TPSA) is 69.7 Å². The summed E-state index contributed by atoms with van der Waals surface area (Å²) in [6, 6.07) is 0. The summed E-state index contributed by atoms with van der Waals surface area (Å²) in [6.45, 7) is 4.21. The summed E-state index contributed by atoms with van der Waals surface area (Å²) in [7, 11) is -3.54. The van der Waals surface area contributed by atoms with E-state index in [1.54, 1.807) is 13.8 Å². The zero-order chi connectivity index (χ0) is 10.5. The van der Waals surface area contributed by atoms with E-state index in [4.69, 9.17) is 0 Å². The molecule has 0 rings (SSSR count). The zero-order valence-corrected chi connectivity index (χ0v) is 8.80. The third kappa shape index (κ3) is 5.42. The van der Waals surface area contributed by atoms with Gasteiger partial charge in [-0.3, -0.25) is 9.59 Å². The SMILES string of the molecule is CCC(=O)OP(C)(=O)OC(=O)CC. The summed E-state index contributed by atoms with van der Waals surface area (Å²) in [6.07, 6.45) is 0.197. The molecule has 0 fully saturated rings. The van der Waals surface area contributed by atoms with Crippen LogP contribution in [0.15, 0.2) is 0 Å². The number of carbonyl (C=O) groups is 2. The van der Waals surface area contributed by atoms with E-state index in [-0.39, 0.29) is 12.8 Å². The summed E-state index contributed by atoms with van der Waals surface area (Å²) in [5, 5.41) is 0. The molecule has 0 radical (unpaired) electrons. The Bertz CT molecular complexity index is 225. The molecule has 0 heterocycles. The number of hydrogen-bond acceptors (Lipinski definition) is 5. The molecule has 0 spiro atoms. The Kier molecular flexibility index (Phi) is 4.70. The van der Waals surface area contributed by atoms with E-state index in [9.17, 15) is 14.2 Å². The Hall–Kier alpha value is -0.830. The largest absolute Gasteiger partial charge is 0.431 e. The smallest absolute Gasteiger partial charge is 0.383 e. The summed E-state index contributed by atoms with van der Waals surface area (Å²) < 4.78 is 20.1. The van der Waals surface area contributed by atoms with Crippen molar-refractivity contribution in [1.82, 2.24) is 0 Å². The number of rotatable bonds is 4. The molecule has 0 saturated carbocycles. The van der Waals surface area contributed by atoms with Gasteiger partial charge in [0.2, 0.25) is 0 Å². The molecule has 5 nitrogen and oxygen atoms in total. The van der Waals surface area contributed by atoms with E-state index in [1.807, 2.05) is 0 Å². The lowest BCUT2D eigenvalue weighted by atomic mass is 10.5. The van der Waals surface area contributed by atoms with Gasteiger partial charge < -0.3 is 9.05 Å². The van der Waals surface area contributed by atoms with Crippen LogP contribution in [0.25, 0.3) is 0 Å². The van der Waals surface area contributed by atoms with E-state index in [2.05, 4.69) is 9.05 Å². The average molecular weight is 208 g/mol. The quantitative estimate of drug-likeness (QED) is 0.658. The van der Waals surface area contributed by atoms with Crippen LogP contribution in [0, 0.1) is 0 Å². The molecule has 0 bridgehead atoms. The van der Waals surface area contributed by atoms with Gasteiger partial charge in [0.1, 0.15) is 0 Å². The van der Waals surface area contributed by atoms with Gasteiger partial charge in [0, 0.05) is 12.8 Å². The molecule has 76 valence electrons. The van der Waals surface area contributed by atoms with Gasteiger partial charge in [0.15, 0.2) is 0 Å². The van der Waals surface area contributed by atoms with E-state index >= 15 is 0 Å². The predicted octanol–water partition coefficient (Wildman–Crippen LogP) is 1.72. The summed E-state index contributed by atoms with van der Waals surface area (Å²) in [4.78, 5) is 21.4. The standard InChI is InChI=1S/C7H13O5P/c1-4-6(8)11-13(3,10)12-7(9)5-2/h4-5H2,1-3H3. The van der Waals surface area contributed by atoms with Crippen LogP contribution in [-0.2, 0) is 23.2 Å². The second-order valence-electron chi connectivity index (χ2n) is 2.41. The van der Waals surface area contributed by atoms with Gasteiger partial charge >= 0.3 is 19.5 Å². The summed E-state index contributed by atoms with van der Waals surface area (Å²) in [5.41, 5.74) is 0. The molecule has 0 N–H and O–H groups in total. The molecule has 0 aromatic carbocycles. The lowest BCUT2D eigenvalue weighted by Gasteiger charge is -2.12. The van der Waals surface area contributed by atoms with Crippen LogP contribution in [0.5, 0.6) is 0 Å². The predicted molar refractivity (Wildman–Crippen MR) is 46.3 cm³/mol. The molecule has 0 aromatic heterocycles. The molecular weight excluding hydrogens is 195 g/mol. The van der Waals surface area contributed by atoms with Crippen LogP contribution < -0.4 is 0 Å². The molecule has 0 atom stereocenters. The van der Waals surface area contributed by atoms with Crippen LogP contribution in [0.4, 0.5) is 0 Å². The lowest BCUT2D eigenvalue weighted by Crippen LogP contribution is -2.06. The molecule has 0 aliphatic carbocycles. The lowest BCUT2D eigenvalue weighted by molar-refractivity contribution is -0.138. The van der Waals surface area contributed by atoms with Crippen LogP contribution >= 0.6 is 7.60 Å². The van der Waals surface area contributed by atoms with E-state index in [1.165, 1.54) is 0 Å². The highest BCUT2D eigenvalue weighted by Gasteiger charge is 2.24. The molecule has 0 saturated heterocycles. The van der Waals surface area contributed by atoms with Gasteiger partial charge in [0.25, 0.3) is 0 Å². The fraction of sp³-hybridized carbons (Fsp3) is 0.714. The normalized spacial score (nSPS) is 10.7. The van der Waals surface area contributed by atoms with Crippen molar-refractivity contribution >= 4 is 19.5 Å². The van der Waals surface area contributed by atoms with Gasteiger partial charge in [-0.05, 0) is 0 Å². The Morgan fingerprint density at radius 1 is 1.08 bits per heavy atom. The van der Waals surface area contributed by atoms with Crippen molar-refractivity contribution in [2.75, 3.05) is 6.66 Å². The Morgan fingerprint density at radius 3 is 1.62 bits per heavy atom. The van der Waals surface area contributed by atoms with E-state index in [0.29, 0.717) is 0 Å². The molecule has 0 aromatic rings. The van der Waals surface area contributed by atoms with Gasteiger partial charge in [-0.15, -0.1) is 0 Å². The van der Waals surface area contributed by atoms with E-state index in [0.717, 1.165) is 6.66 Å². The first-order valence-corrected chi connectivity index (χ1v) is 5.92. The Balaban J connectivity index is 4.16. The highest BCUT2D eigenvalue weighted by Crippen LogP contribution is 2.44. The minimum absolute atomic E-state index is 0.0987. The summed E-state index contributed by atoms with van der Waals surface area (Å²) in [5.74, 6) is -1.29. The summed E-state index contributed by atoms with van der Waals surface area (Å²) >= 11 is 0. The zero-order valence-electron chi connectivity index (χ0n) is 7.90. The van der Waals surface area contributed by atoms with Gasteiger partial charge in [0.05, 0.1) is 6.66 Å². The molecule has 0 aliphatic heterocycles. The Labute approximate surface area is 76.9 Å². The van der Waals surface area contributed by atoms with Crippen LogP contribution in [0.3, 0.4) is 0 Å². The Morgan fingerprint density at radius 2 is 1.38 bits per heavy atom. The molecule has 0 aliphatic rings. The molecule has 0 unspecified atom stereocenters. The van der Waals surface area contributed by atoms with Gasteiger partial charge in [-0.25, -0.2) is 4.57 Å². The van der Waals surface area contributed by atoms with Crippen molar-refractivity contribution in [2.45, 2.75) is 26.7 Å². The monoisotopic (exact) mass is 208 g/mol. The minimum atomic E-state index is -3.54. The molecule has 0 amide bonds. The van der Waals surface area contributed by atoms with Crippen molar-refractivity contribution in [3.8, 4) is 0 Å². The van der Waals surface area contributed by atoms with E-state index < -0.39 is 19.5 Å². The van der Waals surface area contributed by atoms with Crippen molar-refractivity contribution in [2.24, 2.45) is 0 Å². The maximum Gasteiger partial charge on any atom is 0.431 e. The highest BCUT2D eigenvalue weighted by molar-refractivity contribution is 7.54. The van der Waals surface area contributed by atoms with Crippen molar-refractivity contribution < 1.29 is 23.2 Å². The molecular formula is C7H13O5P. The fourth-order valence-electron chi connectivity index (χ4n) is 0.518. The first kappa shape index (κ1) is 12.2. The average Bonchev–Trinajstić information content (AvgIpc) is 2.02. The number of carbonyl (C=O) groups excluding carboxylic acids is 2. The minimum Gasteiger partial charge on any atom is -0.383 e. The van der Waals surface area contributed by atoms with Crippen LogP contribution in [-0.4, -0.2) is 18.6 Å².